The third-order valence-corrected chi connectivity index (χ3v) is 3.33. The molecule has 2 aromatic rings. The monoisotopic (exact) mass is 373 g/mol. The summed E-state index contributed by atoms with van der Waals surface area (Å²) in [5, 5.41) is 2.57. The first-order chi connectivity index (χ1) is 10.3. The molecule has 4 nitrogen and oxygen atoms in total. The summed E-state index contributed by atoms with van der Waals surface area (Å²) in [7, 11) is 0. The van der Waals surface area contributed by atoms with Crippen LogP contribution < -0.4 is 14.8 Å². The molecule has 2 aromatic carbocycles. The van der Waals surface area contributed by atoms with Crippen LogP contribution in [0.2, 0.25) is 0 Å². The van der Waals surface area contributed by atoms with Gasteiger partial charge in [0.05, 0.1) is 11.3 Å². The first kappa shape index (κ1) is 14.7. The van der Waals surface area contributed by atoms with Gasteiger partial charge in [-0.25, -0.2) is 0 Å². The number of rotatable bonds is 1. The van der Waals surface area contributed by atoms with Gasteiger partial charge in [0.25, 0.3) is 5.91 Å². The molecular formula is C14H7BrF3NO3. The summed E-state index contributed by atoms with van der Waals surface area (Å²) in [5.74, 6) is -0.541. The Labute approximate surface area is 131 Å². The Morgan fingerprint density at radius 1 is 1.09 bits per heavy atom. The number of ether oxygens (including phenoxy) is 2. The summed E-state index contributed by atoms with van der Waals surface area (Å²) in [6.45, 7) is 0. The highest BCUT2D eigenvalue weighted by atomic mass is 79.9. The Morgan fingerprint density at radius 2 is 1.86 bits per heavy atom. The molecule has 0 saturated carbocycles. The van der Waals surface area contributed by atoms with E-state index in [2.05, 4.69) is 26.0 Å². The fourth-order valence-corrected chi connectivity index (χ4v) is 2.33. The molecule has 114 valence electrons. The maximum absolute atomic E-state index is 12.3. The SMILES string of the molecule is O=C1Nc2ccc(OC(F)(F)F)cc2Oc2ccc(Br)cc21. The number of carbonyl (C=O) groups is 1. The van der Waals surface area contributed by atoms with E-state index < -0.39 is 18.0 Å². The number of halogens is 4. The molecule has 0 unspecified atom stereocenters. The summed E-state index contributed by atoms with van der Waals surface area (Å²) in [6, 6.07) is 8.22. The molecule has 0 radical (unpaired) electrons. The normalized spacial score (nSPS) is 13.4. The largest absolute Gasteiger partial charge is 0.573 e. The Bertz CT molecular complexity index is 761. The van der Waals surface area contributed by atoms with Gasteiger partial charge in [-0.15, -0.1) is 13.2 Å². The van der Waals surface area contributed by atoms with Gasteiger partial charge in [0, 0.05) is 10.5 Å². The molecule has 0 aliphatic carbocycles. The number of alkyl halides is 3. The van der Waals surface area contributed by atoms with Crippen LogP contribution in [0.25, 0.3) is 0 Å². The van der Waals surface area contributed by atoms with Crippen LogP contribution in [0.5, 0.6) is 17.2 Å². The molecule has 8 heteroatoms. The van der Waals surface area contributed by atoms with Crippen molar-refractivity contribution in [2.24, 2.45) is 0 Å². The number of anilines is 1. The van der Waals surface area contributed by atoms with Crippen LogP contribution >= 0.6 is 15.9 Å². The van der Waals surface area contributed by atoms with Crippen molar-refractivity contribution in [3.8, 4) is 17.2 Å². The number of amides is 1. The number of hydrogen-bond acceptors (Lipinski definition) is 3. The summed E-state index contributed by atoms with van der Waals surface area (Å²) in [4.78, 5) is 12.1. The highest BCUT2D eigenvalue weighted by molar-refractivity contribution is 9.10. The van der Waals surface area contributed by atoms with E-state index in [4.69, 9.17) is 4.74 Å². The van der Waals surface area contributed by atoms with E-state index in [9.17, 15) is 18.0 Å². The third kappa shape index (κ3) is 3.01. The van der Waals surface area contributed by atoms with Crippen molar-refractivity contribution < 1.29 is 27.4 Å². The number of fused-ring (bicyclic) bond motifs is 2. The molecule has 1 amide bonds. The smallest absolute Gasteiger partial charge is 0.454 e. The maximum atomic E-state index is 12.3. The number of hydrogen-bond donors (Lipinski definition) is 1. The molecule has 0 aromatic heterocycles. The maximum Gasteiger partial charge on any atom is 0.573 e. The molecule has 22 heavy (non-hydrogen) atoms. The van der Waals surface area contributed by atoms with Crippen LogP contribution in [-0.4, -0.2) is 12.3 Å². The van der Waals surface area contributed by atoms with Crippen molar-refractivity contribution in [3.05, 3.63) is 46.4 Å². The van der Waals surface area contributed by atoms with E-state index in [1.54, 1.807) is 18.2 Å². The second-order valence-corrected chi connectivity index (χ2v) is 5.32. The lowest BCUT2D eigenvalue weighted by molar-refractivity contribution is -0.274. The number of benzene rings is 2. The number of nitrogens with one attached hydrogen (secondary N) is 1. The summed E-state index contributed by atoms with van der Waals surface area (Å²) >= 11 is 3.24. The van der Waals surface area contributed by atoms with Crippen molar-refractivity contribution in [2.75, 3.05) is 5.32 Å². The van der Waals surface area contributed by atoms with Crippen LogP contribution in [0.4, 0.5) is 18.9 Å². The molecule has 3 rings (SSSR count). The fraction of sp³-hybridized carbons (Fsp3) is 0.0714. The van der Waals surface area contributed by atoms with Gasteiger partial charge < -0.3 is 14.8 Å². The predicted octanol–water partition coefficient (Wildman–Crippen LogP) is 4.71. The van der Waals surface area contributed by atoms with Crippen molar-refractivity contribution in [3.63, 3.8) is 0 Å². The summed E-state index contributed by atoms with van der Waals surface area (Å²) in [6.07, 6.45) is -4.80. The Kier molecular flexibility index (Phi) is 3.48. The van der Waals surface area contributed by atoms with Gasteiger partial charge in [-0.05, 0) is 30.3 Å². The Hall–Kier alpha value is -2.22. The minimum absolute atomic E-state index is 0.0659. The highest BCUT2D eigenvalue weighted by Crippen LogP contribution is 2.39. The topological polar surface area (TPSA) is 47.6 Å². The molecule has 0 saturated heterocycles. The van der Waals surface area contributed by atoms with Crippen molar-refractivity contribution in [1.82, 2.24) is 0 Å². The standard InChI is InChI=1S/C14H7BrF3NO3/c15-7-1-4-11-9(5-7)13(20)19-10-3-2-8(6-12(10)21-11)22-14(16,17)18/h1-6H,(H,19,20). The lowest BCUT2D eigenvalue weighted by atomic mass is 10.2. The summed E-state index contributed by atoms with van der Waals surface area (Å²) in [5.41, 5.74) is 0.524. The van der Waals surface area contributed by atoms with Crippen molar-refractivity contribution >= 4 is 27.5 Å². The molecule has 1 aliphatic rings. The van der Waals surface area contributed by atoms with Crippen LogP contribution in [0.1, 0.15) is 10.4 Å². The second kappa shape index (κ2) is 5.20. The average molecular weight is 374 g/mol. The van der Waals surface area contributed by atoms with Crippen LogP contribution in [0, 0.1) is 0 Å². The van der Waals surface area contributed by atoms with E-state index in [1.165, 1.54) is 6.07 Å². The van der Waals surface area contributed by atoms with Gasteiger partial charge in [-0.1, -0.05) is 15.9 Å². The molecule has 1 aliphatic heterocycles. The molecule has 0 spiro atoms. The van der Waals surface area contributed by atoms with Crippen LogP contribution in [0.15, 0.2) is 40.9 Å². The zero-order chi connectivity index (χ0) is 15.9. The zero-order valence-electron chi connectivity index (χ0n) is 10.7. The first-order valence-electron chi connectivity index (χ1n) is 6.00. The molecule has 1 heterocycles. The molecular weight excluding hydrogens is 367 g/mol. The Morgan fingerprint density at radius 3 is 2.59 bits per heavy atom. The van der Waals surface area contributed by atoms with Gasteiger partial charge in [-0.3, -0.25) is 4.79 Å². The van der Waals surface area contributed by atoms with E-state index in [0.29, 0.717) is 4.47 Å². The molecule has 1 N–H and O–H groups in total. The molecule has 0 fully saturated rings. The average Bonchev–Trinajstić information content (AvgIpc) is 2.54. The van der Waals surface area contributed by atoms with Crippen LogP contribution in [0.3, 0.4) is 0 Å². The molecule has 0 bridgehead atoms. The predicted molar refractivity (Wildman–Crippen MR) is 75.3 cm³/mol. The van der Waals surface area contributed by atoms with E-state index in [-0.39, 0.29) is 22.7 Å². The van der Waals surface area contributed by atoms with Gasteiger partial charge in [0.15, 0.2) is 5.75 Å². The van der Waals surface area contributed by atoms with Gasteiger partial charge in [-0.2, -0.15) is 0 Å². The quantitative estimate of drug-likeness (QED) is 0.787. The number of carbonyl (C=O) groups excluding carboxylic acids is 1. The molecule has 0 atom stereocenters. The second-order valence-electron chi connectivity index (χ2n) is 4.40. The first-order valence-corrected chi connectivity index (χ1v) is 6.80. The van der Waals surface area contributed by atoms with Crippen LogP contribution in [-0.2, 0) is 0 Å². The Balaban J connectivity index is 2.01. The van der Waals surface area contributed by atoms with E-state index >= 15 is 0 Å². The van der Waals surface area contributed by atoms with Gasteiger partial charge in [0.2, 0.25) is 0 Å². The minimum Gasteiger partial charge on any atom is -0.454 e. The van der Waals surface area contributed by atoms with E-state index in [0.717, 1.165) is 12.1 Å². The third-order valence-electron chi connectivity index (χ3n) is 2.84. The lowest BCUT2D eigenvalue weighted by Crippen LogP contribution is -2.17. The lowest BCUT2D eigenvalue weighted by Gasteiger charge is -2.12. The highest BCUT2D eigenvalue weighted by Gasteiger charge is 2.32. The van der Waals surface area contributed by atoms with Crippen molar-refractivity contribution in [1.29, 1.82) is 0 Å². The zero-order valence-corrected chi connectivity index (χ0v) is 12.3. The summed E-state index contributed by atoms with van der Waals surface area (Å²) < 4.78 is 46.8. The van der Waals surface area contributed by atoms with Gasteiger partial charge in [0.1, 0.15) is 11.5 Å². The van der Waals surface area contributed by atoms with Crippen molar-refractivity contribution in [2.45, 2.75) is 6.36 Å². The van der Waals surface area contributed by atoms with Gasteiger partial charge >= 0.3 is 6.36 Å². The minimum atomic E-state index is -4.80. The fourth-order valence-electron chi connectivity index (χ4n) is 1.96. The van der Waals surface area contributed by atoms with E-state index in [1.807, 2.05) is 0 Å².